The molecule has 2 amide bonds. The summed E-state index contributed by atoms with van der Waals surface area (Å²) in [5.74, 6) is -1.91. The van der Waals surface area contributed by atoms with Crippen LogP contribution in [-0.4, -0.2) is 62.3 Å². The number of carbonyl (C=O) groups is 3. The third kappa shape index (κ3) is 3.45. The summed E-state index contributed by atoms with van der Waals surface area (Å²) in [6, 6.07) is 3.91. The van der Waals surface area contributed by atoms with E-state index < -0.39 is 29.2 Å². The molecule has 0 radical (unpaired) electrons. The molecule has 0 aromatic carbocycles. The number of carboxylic acid groups (broad SMARTS) is 1. The minimum Gasteiger partial charge on any atom is -0.478 e. The van der Waals surface area contributed by atoms with Crippen LogP contribution >= 0.6 is 11.8 Å². The Balaban J connectivity index is 1.77. The highest BCUT2D eigenvalue weighted by Crippen LogP contribution is 2.40. The number of nitrogens with one attached hydrogen (secondary N) is 1. The van der Waals surface area contributed by atoms with Gasteiger partial charge in [0.1, 0.15) is 30.0 Å². The van der Waals surface area contributed by atoms with Crippen molar-refractivity contribution in [3.63, 3.8) is 0 Å². The smallest absolute Gasteiger partial charge is 0.334 e. The van der Waals surface area contributed by atoms with Crippen molar-refractivity contribution in [2.24, 2.45) is 5.16 Å². The van der Waals surface area contributed by atoms with Crippen LogP contribution in [0.4, 0.5) is 5.82 Å². The van der Waals surface area contributed by atoms with Crippen molar-refractivity contribution in [1.29, 1.82) is 0 Å². The molecule has 0 spiro atoms. The Bertz CT molecular complexity index is 871. The number of nitrogens with zero attached hydrogens (tertiary/aromatic N) is 3. The maximum Gasteiger partial charge on any atom is 0.334 e. The normalized spacial score (nSPS) is 24.4. The molecule has 142 valence electrons. The van der Waals surface area contributed by atoms with Crippen LogP contribution in [0.5, 0.6) is 0 Å². The van der Waals surface area contributed by atoms with Gasteiger partial charge in [0.25, 0.3) is 11.8 Å². The van der Waals surface area contributed by atoms with Crippen LogP contribution in [0.25, 0.3) is 0 Å². The summed E-state index contributed by atoms with van der Waals surface area (Å²) < 4.78 is 0. The fraction of sp³-hybridized carbons (Fsp3) is 0.312. The van der Waals surface area contributed by atoms with E-state index in [0.29, 0.717) is 0 Å². The number of oxime groups is 1. The fourth-order valence-corrected chi connectivity index (χ4v) is 4.12. The number of fused-ring (bicyclic) bond motifs is 1. The number of thioether (sulfide) groups is 1. The molecule has 3 rings (SSSR count). The monoisotopic (exact) mass is 391 g/mol. The average molecular weight is 391 g/mol. The first-order valence-corrected chi connectivity index (χ1v) is 8.85. The third-order valence-corrected chi connectivity index (χ3v) is 5.52. The van der Waals surface area contributed by atoms with E-state index in [1.54, 1.807) is 25.1 Å². The van der Waals surface area contributed by atoms with Crippen LogP contribution in [-0.2, 0) is 19.2 Å². The number of β-lactam (4-membered cyclic amide) rings is 1. The zero-order chi connectivity index (χ0) is 19.7. The van der Waals surface area contributed by atoms with Gasteiger partial charge in [-0.2, -0.15) is 0 Å². The number of nitrogens with two attached hydrogens (primary N) is 1. The molecule has 10 nitrogen and oxygen atoms in total. The number of aliphatic carboxylic acids is 1. The van der Waals surface area contributed by atoms with Gasteiger partial charge in [0, 0.05) is 11.4 Å². The van der Waals surface area contributed by atoms with E-state index in [-0.39, 0.29) is 28.0 Å². The first-order chi connectivity index (χ1) is 12.8. The van der Waals surface area contributed by atoms with Gasteiger partial charge in [-0.25, -0.2) is 9.78 Å². The Morgan fingerprint density at radius 3 is 2.81 bits per heavy atom. The zero-order valence-electron chi connectivity index (χ0n) is 14.4. The first kappa shape index (κ1) is 18.7. The van der Waals surface area contributed by atoms with Crippen LogP contribution in [0.3, 0.4) is 0 Å². The quantitative estimate of drug-likeness (QED) is 0.354. The predicted octanol–water partition coefficient (Wildman–Crippen LogP) is -0.229. The van der Waals surface area contributed by atoms with Crippen LogP contribution in [0.2, 0.25) is 0 Å². The van der Waals surface area contributed by atoms with E-state index in [1.807, 2.05) is 0 Å². The minimum atomic E-state index is -1.07. The lowest BCUT2D eigenvalue weighted by molar-refractivity contribution is -0.144. The summed E-state index contributed by atoms with van der Waals surface area (Å²) in [7, 11) is 1.28. The van der Waals surface area contributed by atoms with Gasteiger partial charge >= 0.3 is 5.97 Å². The standard InChI is InChI=1S/C16H17N5O5S/c1-7-8(16(24)25)6-21-14(23)12(15(21)27-7)19-13(22)11(20-26-2)9-4-3-5-10(17)18-9/h3-7,12,15H,1-2H3,(H2,17,18)(H,19,22)(H,24,25)/t7?,12?,15-/m1/s1. The average Bonchev–Trinajstić information content (AvgIpc) is 2.63. The summed E-state index contributed by atoms with van der Waals surface area (Å²) in [6.07, 6.45) is 1.32. The molecular formula is C16H17N5O5S. The molecule has 0 saturated carbocycles. The number of aromatic nitrogens is 1. The number of carboxylic acids is 1. The van der Waals surface area contributed by atoms with E-state index in [0.717, 1.165) is 0 Å². The van der Waals surface area contributed by atoms with Crippen molar-refractivity contribution < 1.29 is 24.3 Å². The molecule has 2 unspecified atom stereocenters. The SMILES string of the molecule is CON=C(C(=O)NC1C(=O)N2C=C(C(=O)O)C(C)S[C@H]12)c1cccc(N)n1. The molecule has 1 aromatic rings. The van der Waals surface area contributed by atoms with Crippen molar-refractivity contribution >= 4 is 41.1 Å². The highest BCUT2D eigenvalue weighted by atomic mass is 32.2. The molecule has 1 saturated heterocycles. The zero-order valence-corrected chi connectivity index (χ0v) is 15.3. The molecule has 0 aliphatic carbocycles. The third-order valence-electron chi connectivity index (χ3n) is 4.08. The molecule has 1 aromatic heterocycles. The van der Waals surface area contributed by atoms with Gasteiger partial charge in [0.05, 0.1) is 5.57 Å². The van der Waals surface area contributed by atoms with Crippen molar-refractivity contribution in [3.8, 4) is 0 Å². The highest BCUT2D eigenvalue weighted by Gasteiger charge is 2.51. The molecule has 0 bridgehead atoms. The number of rotatable bonds is 5. The largest absolute Gasteiger partial charge is 0.478 e. The minimum absolute atomic E-state index is 0.119. The maximum atomic E-state index is 12.6. The second-order valence-electron chi connectivity index (χ2n) is 5.83. The summed E-state index contributed by atoms with van der Waals surface area (Å²) in [6.45, 7) is 1.73. The fourth-order valence-electron chi connectivity index (χ4n) is 2.76. The number of anilines is 1. The molecule has 11 heteroatoms. The van der Waals surface area contributed by atoms with Gasteiger partial charge in [-0.05, 0) is 19.1 Å². The summed E-state index contributed by atoms with van der Waals surface area (Å²) in [4.78, 5) is 46.2. The molecule has 4 N–H and O–H groups in total. The van der Waals surface area contributed by atoms with E-state index >= 15 is 0 Å². The molecular weight excluding hydrogens is 374 g/mol. The van der Waals surface area contributed by atoms with Gasteiger partial charge in [-0.1, -0.05) is 11.2 Å². The van der Waals surface area contributed by atoms with Crippen molar-refractivity contribution in [2.75, 3.05) is 12.8 Å². The van der Waals surface area contributed by atoms with E-state index in [9.17, 15) is 19.5 Å². The van der Waals surface area contributed by atoms with Gasteiger partial charge in [0.15, 0.2) is 5.71 Å². The molecule has 2 aliphatic rings. The summed E-state index contributed by atoms with van der Waals surface area (Å²) in [5, 5.41) is 14.8. The number of pyridine rings is 1. The second kappa shape index (κ2) is 7.27. The number of amides is 2. The molecule has 3 atom stereocenters. The Labute approximate surface area is 158 Å². The van der Waals surface area contributed by atoms with Crippen LogP contribution in [0.1, 0.15) is 12.6 Å². The van der Waals surface area contributed by atoms with E-state index in [1.165, 1.54) is 30.0 Å². The van der Waals surface area contributed by atoms with E-state index in [4.69, 9.17) is 10.6 Å². The summed E-state index contributed by atoms with van der Waals surface area (Å²) in [5.41, 5.74) is 5.86. The number of hydrogen-bond acceptors (Lipinski definition) is 8. The number of hydrogen-bond donors (Lipinski definition) is 3. The van der Waals surface area contributed by atoms with Crippen molar-refractivity contribution in [3.05, 3.63) is 35.7 Å². The van der Waals surface area contributed by atoms with Crippen molar-refractivity contribution in [1.82, 2.24) is 15.2 Å². The Hall–Kier alpha value is -3.08. The Morgan fingerprint density at radius 2 is 2.19 bits per heavy atom. The second-order valence-corrected chi connectivity index (χ2v) is 7.29. The van der Waals surface area contributed by atoms with Gasteiger partial charge in [-0.15, -0.1) is 11.8 Å². The van der Waals surface area contributed by atoms with Gasteiger partial charge in [-0.3, -0.25) is 9.59 Å². The first-order valence-electron chi connectivity index (χ1n) is 7.91. The molecule has 2 aliphatic heterocycles. The number of nitrogen functional groups attached to an aromatic ring is 1. The topological polar surface area (TPSA) is 147 Å². The molecule has 1 fully saturated rings. The number of carbonyl (C=O) groups excluding carboxylic acids is 2. The van der Waals surface area contributed by atoms with Crippen LogP contribution < -0.4 is 11.1 Å². The van der Waals surface area contributed by atoms with Crippen molar-refractivity contribution in [2.45, 2.75) is 23.6 Å². The summed E-state index contributed by atoms with van der Waals surface area (Å²) >= 11 is 1.28. The molecule has 27 heavy (non-hydrogen) atoms. The highest BCUT2D eigenvalue weighted by molar-refractivity contribution is 8.00. The van der Waals surface area contributed by atoms with Gasteiger partial charge < -0.3 is 25.9 Å². The Kier molecular flexibility index (Phi) is 5.04. The Morgan fingerprint density at radius 1 is 1.44 bits per heavy atom. The van der Waals surface area contributed by atoms with Crippen LogP contribution in [0.15, 0.2) is 35.1 Å². The lowest BCUT2D eigenvalue weighted by atomic mass is 10.1. The maximum absolute atomic E-state index is 12.6. The lowest BCUT2D eigenvalue weighted by Crippen LogP contribution is -2.69. The van der Waals surface area contributed by atoms with Gasteiger partial charge in [0.2, 0.25) is 0 Å². The van der Waals surface area contributed by atoms with Crippen LogP contribution in [0, 0.1) is 0 Å². The predicted molar refractivity (Wildman–Crippen MR) is 97.5 cm³/mol. The van der Waals surface area contributed by atoms with E-state index in [2.05, 4.69) is 15.5 Å². The molecule has 3 heterocycles. The lowest BCUT2D eigenvalue weighted by Gasteiger charge is -2.48.